The number of nitrogens with zero attached hydrogens (tertiary/aromatic N) is 1. The molecule has 1 aliphatic rings. The van der Waals surface area contributed by atoms with E-state index in [0.29, 0.717) is 43.3 Å². The summed E-state index contributed by atoms with van der Waals surface area (Å²) in [7, 11) is -2.54. The molecule has 8 nitrogen and oxygen atoms in total. The lowest BCUT2D eigenvalue weighted by Gasteiger charge is -2.35. The number of benzene rings is 3. The van der Waals surface area contributed by atoms with Crippen LogP contribution in [0, 0.1) is 12.7 Å². The molecule has 0 radical (unpaired) electrons. The second-order valence-corrected chi connectivity index (χ2v) is 10.4. The molecule has 0 bridgehead atoms. The van der Waals surface area contributed by atoms with Crippen molar-refractivity contribution in [3.05, 3.63) is 89.2 Å². The van der Waals surface area contributed by atoms with Gasteiger partial charge < -0.3 is 14.8 Å². The van der Waals surface area contributed by atoms with Crippen molar-refractivity contribution in [2.75, 3.05) is 44.7 Å². The van der Waals surface area contributed by atoms with Crippen molar-refractivity contribution < 1.29 is 27.1 Å². The van der Waals surface area contributed by atoms with Crippen LogP contribution in [0.5, 0.6) is 5.75 Å². The Morgan fingerprint density at radius 2 is 1.78 bits per heavy atom. The smallest absolute Gasteiger partial charge is 0.262 e. The van der Waals surface area contributed by atoms with Crippen LogP contribution in [0.15, 0.2) is 71.6 Å². The molecule has 0 aliphatic carbocycles. The van der Waals surface area contributed by atoms with Gasteiger partial charge in [-0.2, -0.15) is 0 Å². The largest absolute Gasteiger partial charge is 0.495 e. The number of hydrogen-bond donors (Lipinski definition) is 2. The zero-order chi connectivity index (χ0) is 26.4. The van der Waals surface area contributed by atoms with Crippen molar-refractivity contribution in [2.24, 2.45) is 0 Å². The molecule has 0 spiro atoms. The minimum absolute atomic E-state index is 0.00526. The molecule has 0 aromatic heterocycles. The van der Waals surface area contributed by atoms with Crippen molar-refractivity contribution >= 4 is 21.6 Å². The van der Waals surface area contributed by atoms with Crippen LogP contribution < -0.4 is 14.8 Å². The summed E-state index contributed by atoms with van der Waals surface area (Å²) < 4.78 is 53.2. The summed E-state index contributed by atoms with van der Waals surface area (Å²) in [5.74, 6) is -0.356. The van der Waals surface area contributed by atoms with Gasteiger partial charge in [0.15, 0.2) is 0 Å². The number of sulfonamides is 1. The number of nitrogens with one attached hydrogen (secondary N) is 2. The van der Waals surface area contributed by atoms with Gasteiger partial charge in [0.25, 0.3) is 15.9 Å². The molecule has 0 unspecified atom stereocenters. The number of carbonyl (C=O) groups is 1. The third kappa shape index (κ3) is 6.46. The van der Waals surface area contributed by atoms with Crippen molar-refractivity contribution in [2.45, 2.75) is 17.9 Å². The summed E-state index contributed by atoms with van der Waals surface area (Å²) >= 11 is 0. The highest BCUT2D eigenvalue weighted by atomic mass is 32.2. The SMILES string of the molecule is COc1ccccc1NS(=O)(=O)c1cc(C(=O)NC[C@H](c2ccc(F)cc2)N2CCOCC2)ccc1C. The second-order valence-electron chi connectivity index (χ2n) is 8.71. The molecule has 1 saturated heterocycles. The van der Waals surface area contributed by atoms with Crippen LogP contribution in [0.4, 0.5) is 10.1 Å². The van der Waals surface area contributed by atoms with Gasteiger partial charge in [-0.15, -0.1) is 0 Å². The first-order valence-electron chi connectivity index (χ1n) is 11.9. The van der Waals surface area contributed by atoms with Crippen LogP contribution in [0.25, 0.3) is 0 Å². The zero-order valence-corrected chi connectivity index (χ0v) is 21.6. The van der Waals surface area contributed by atoms with Crippen molar-refractivity contribution in [3.63, 3.8) is 0 Å². The number of para-hydroxylation sites is 2. The molecule has 10 heteroatoms. The van der Waals surface area contributed by atoms with E-state index < -0.39 is 15.9 Å². The molecule has 2 N–H and O–H groups in total. The Bertz CT molecular complexity index is 1340. The normalized spacial score (nSPS) is 15.1. The van der Waals surface area contributed by atoms with Gasteiger partial charge in [0.05, 0.1) is 36.9 Å². The van der Waals surface area contributed by atoms with Gasteiger partial charge in [-0.25, -0.2) is 12.8 Å². The summed E-state index contributed by atoms with van der Waals surface area (Å²) in [6.45, 7) is 4.44. The summed E-state index contributed by atoms with van der Waals surface area (Å²) in [4.78, 5) is 15.3. The number of anilines is 1. The summed E-state index contributed by atoms with van der Waals surface area (Å²) in [5, 5.41) is 2.93. The van der Waals surface area contributed by atoms with Crippen molar-refractivity contribution in [1.29, 1.82) is 0 Å². The average Bonchev–Trinajstić information content (AvgIpc) is 2.90. The monoisotopic (exact) mass is 527 g/mol. The Hall–Kier alpha value is -3.47. The van der Waals surface area contributed by atoms with Crippen LogP contribution >= 0.6 is 0 Å². The molecule has 1 heterocycles. The van der Waals surface area contributed by atoms with Crippen LogP contribution in [0.1, 0.15) is 27.5 Å². The molecule has 4 rings (SSSR count). The number of morpholine rings is 1. The third-order valence-corrected chi connectivity index (χ3v) is 7.80. The molecule has 1 amide bonds. The Balaban J connectivity index is 1.53. The zero-order valence-electron chi connectivity index (χ0n) is 20.7. The summed E-state index contributed by atoms with van der Waals surface area (Å²) in [6.07, 6.45) is 0. The second kappa shape index (κ2) is 11.7. The molecule has 1 fully saturated rings. The number of amides is 1. The minimum atomic E-state index is -4.00. The van der Waals surface area contributed by atoms with E-state index in [9.17, 15) is 17.6 Å². The first kappa shape index (κ1) is 26.6. The van der Waals surface area contributed by atoms with Gasteiger partial charge in [0.1, 0.15) is 11.6 Å². The fourth-order valence-corrected chi connectivity index (χ4v) is 5.62. The fourth-order valence-electron chi connectivity index (χ4n) is 4.28. The Morgan fingerprint density at radius 1 is 1.08 bits per heavy atom. The number of aryl methyl sites for hydroxylation is 1. The quantitative estimate of drug-likeness (QED) is 0.440. The highest BCUT2D eigenvalue weighted by Crippen LogP contribution is 2.28. The average molecular weight is 528 g/mol. The maximum absolute atomic E-state index is 13.5. The Kier molecular flexibility index (Phi) is 8.42. The molecule has 37 heavy (non-hydrogen) atoms. The number of methoxy groups -OCH3 is 1. The minimum Gasteiger partial charge on any atom is -0.495 e. The van der Waals surface area contributed by atoms with Crippen molar-refractivity contribution in [1.82, 2.24) is 10.2 Å². The highest BCUT2D eigenvalue weighted by molar-refractivity contribution is 7.92. The first-order chi connectivity index (χ1) is 17.8. The van der Waals surface area contributed by atoms with Crippen LogP contribution in [0.3, 0.4) is 0 Å². The van der Waals surface area contributed by atoms with Crippen LogP contribution in [-0.2, 0) is 14.8 Å². The maximum atomic E-state index is 13.5. The van der Waals surface area contributed by atoms with Gasteiger partial charge in [-0.1, -0.05) is 30.3 Å². The standard InChI is InChI=1S/C27H30FN3O5S/c1-19-7-8-21(17-26(19)37(33,34)30-23-5-3-4-6-25(23)35-2)27(32)29-18-24(31-13-15-36-16-14-31)20-9-11-22(28)12-10-20/h3-12,17,24,30H,13-16,18H2,1-2H3,(H,29,32)/t24-/m1/s1. The molecule has 1 aliphatic heterocycles. The molecule has 196 valence electrons. The predicted molar refractivity (Wildman–Crippen MR) is 139 cm³/mol. The van der Waals surface area contributed by atoms with E-state index in [1.54, 1.807) is 55.5 Å². The lowest BCUT2D eigenvalue weighted by Crippen LogP contribution is -2.43. The lowest BCUT2D eigenvalue weighted by molar-refractivity contribution is 0.0162. The number of halogens is 1. The van der Waals surface area contributed by atoms with Gasteiger partial charge in [-0.05, 0) is 54.4 Å². The van der Waals surface area contributed by atoms with E-state index in [-0.39, 0.29) is 28.9 Å². The molecular weight excluding hydrogens is 497 g/mol. The summed E-state index contributed by atoms with van der Waals surface area (Å²) in [5.41, 5.74) is 1.88. The number of rotatable bonds is 9. The number of ether oxygens (including phenoxy) is 2. The van der Waals surface area contributed by atoms with Crippen LogP contribution in [-0.4, -0.2) is 59.2 Å². The third-order valence-electron chi connectivity index (χ3n) is 6.29. The molecule has 0 saturated carbocycles. The Labute approximate surface area is 216 Å². The van der Waals surface area contributed by atoms with E-state index in [2.05, 4.69) is 14.9 Å². The lowest BCUT2D eigenvalue weighted by atomic mass is 10.0. The van der Waals surface area contributed by atoms with E-state index >= 15 is 0 Å². The molecule has 1 atom stereocenters. The first-order valence-corrected chi connectivity index (χ1v) is 13.4. The van der Waals surface area contributed by atoms with Gasteiger partial charge in [0, 0.05) is 25.2 Å². The van der Waals surface area contributed by atoms with Crippen molar-refractivity contribution in [3.8, 4) is 5.75 Å². The van der Waals surface area contributed by atoms with E-state index in [4.69, 9.17) is 9.47 Å². The van der Waals surface area contributed by atoms with E-state index in [1.807, 2.05) is 0 Å². The molecule has 3 aromatic carbocycles. The molecule has 3 aromatic rings. The fraction of sp³-hybridized carbons (Fsp3) is 0.296. The number of carbonyl (C=O) groups excluding carboxylic acids is 1. The van der Waals surface area contributed by atoms with Gasteiger partial charge >= 0.3 is 0 Å². The summed E-state index contributed by atoms with van der Waals surface area (Å²) in [6, 6.07) is 17.3. The van der Waals surface area contributed by atoms with E-state index in [0.717, 1.165) is 5.56 Å². The van der Waals surface area contributed by atoms with Gasteiger partial charge in [-0.3, -0.25) is 14.4 Å². The number of hydrogen-bond acceptors (Lipinski definition) is 6. The Morgan fingerprint density at radius 3 is 2.49 bits per heavy atom. The van der Waals surface area contributed by atoms with Gasteiger partial charge in [0.2, 0.25) is 0 Å². The molecular formula is C27H30FN3O5S. The van der Waals surface area contributed by atoms with E-state index in [1.165, 1.54) is 25.3 Å². The maximum Gasteiger partial charge on any atom is 0.262 e. The highest BCUT2D eigenvalue weighted by Gasteiger charge is 2.25. The topological polar surface area (TPSA) is 97.0 Å². The van der Waals surface area contributed by atoms with Crippen LogP contribution in [0.2, 0.25) is 0 Å². The predicted octanol–water partition coefficient (Wildman–Crippen LogP) is 3.75.